The number of thiazole rings is 1. The molecule has 0 fully saturated rings. The number of carbonyl (C=O) groups excluding carboxylic acids is 1. The van der Waals surface area contributed by atoms with Crippen molar-refractivity contribution in [2.24, 2.45) is 0 Å². The van der Waals surface area contributed by atoms with Crippen molar-refractivity contribution >= 4 is 32.6 Å². The molecule has 0 aliphatic rings. The molecule has 0 unspecified atom stereocenters. The molecule has 0 aliphatic carbocycles. The summed E-state index contributed by atoms with van der Waals surface area (Å²) in [6, 6.07) is 19.1. The van der Waals surface area contributed by atoms with E-state index in [2.05, 4.69) is 10.3 Å². The van der Waals surface area contributed by atoms with Gasteiger partial charge < -0.3 is 4.74 Å². The van der Waals surface area contributed by atoms with Crippen molar-refractivity contribution < 1.29 is 22.7 Å². The first kappa shape index (κ1) is 18.9. The predicted octanol–water partition coefficient (Wildman–Crippen LogP) is 6.36. The molecule has 0 saturated carbocycles. The van der Waals surface area contributed by atoms with E-state index in [-0.39, 0.29) is 5.13 Å². The van der Waals surface area contributed by atoms with Gasteiger partial charge in [-0.3, -0.25) is 10.1 Å². The topological polar surface area (TPSA) is 51.2 Å². The summed E-state index contributed by atoms with van der Waals surface area (Å²) in [5.74, 6) is 0.402. The first-order valence-corrected chi connectivity index (χ1v) is 9.33. The van der Waals surface area contributed by atoms with E-state index in [1.54, 1.807) is 18.2 Å². The lowest BCUT2D eigenvalue weighted by Crippen LogP contribution is -2.18. The summed E-state index contributed by atoms with van der Waals surface area (Å²) < 4.78 is 45.9. The number of anilines is 1. The van der Waals surface area contributed by atoms with Gasteiger partial charge in [0.2, 0.25) is 0 Å². The molecule has 1 aromatic heterocycles. The van der Waals surface area contributed by atoms with E-state index in [1.165, 1.54) is 12.1 Å². The second-order valence-corrected chi connectivity index (χ2v) is 7.09. The Morgan fingerprint density at radius 3 is 2.41 bits per heavy atom. The number of hydrogen-bond donors (Lipinski definition) is 1. The van der Waals surface area contributed by atoms with Gasteiger partial charge >= 0.3 is 6.18 Å². The van der Waals surface area contributed by atoms with Crippen molar-refractivity contribution in [3.05, 3.63) is 83.9 Å². The highest BCUT2D eigenvalue weighted by atomic mass is 32.1. The number of amides is 1. The normalized spacial score (nSPS) is 11.4. The second-order valence-electron chi connectivity index (χ2n) is 6.06. The predicted molar refractivity (Wildman–Crippen MR) is 106 cm³/mol. The lowest BCUT2D eigenvalue weighted by molar-refractivity contribution is -0.137. The third-order valence-electron chi connectivity index (χ3n) is 4.04. The molecule has 0 spiro atoms. The lowest BCUT2D eigenvalue weighted by atomic mass is 10.1. The monoisotopic (exact) mass is 414 g/mol. The van der Waals surface area contributed by atoms with Crippen LogP contribution in [0.15, 0.2) is 72.8 Å². The molecule has 1 amide bonds. The third kappa shape index (κ3) is 4.22. The van der Waals surface area contributed by atoms with Crippen LogP contribution in [-0.2, 0) is 6.18 Å². The molecule has 0 bridgehead atoms. The summed E-state index contributed by atoms with van der Waals surface area (Å²) >= 11 is 1.15. The van der Waals surface area contributed by atoms with Crippen LogP contribution in [0, 0.1) is 0 Å². The van der Waals surface area contributed by atoms with Crippen LogP contribution in [0.3, 0.4) is 0 Å². The summed E-state index contributed by atoms with van der Waals surface area (Å²) in [5, 5.41) is 2.66. The van der Waals surface area contributed by atoms with E-state index < -0.39 is 23.2 Å². The van der Waals surface area contributed by atoms with Crippen molar-refractivity contribution in [3.8, 4) is 11.5 Å². The number of fused-ring (bicyclic) bond motifs is 1. The minimum absolute atomic E-state index is 0.207. The van der Waals surface area contributed by atoms with E-state index in [4.69, 9.17) is 4.74 Å². The van der Waals surface area contributed by atoms with Crippen LogP contribution < -0.4 is 10.1 Å². The van der Waals surface area contributed by atoms with Gasteiger partial charge in [-0.05, 0) is 36.4 Å². The van der Waals surface area contributed by atoms with Crippen LogP contribution in [0.2, 0.25) is 0 Å². The Balaban J connectivity index is 1.57. The largest absolute Gasteiger partial charge is 0.457 e. The lowest BCUT2D eigenvalue weighted by Gasteiger charge is -2.11. The Hall–Kier alpha value is -3.39. The Morgan fingerprint density at radius 2 is 1.66 bits per heavy atom. The first-order valence-electron chi connectivity index (χ1n) is 8.51. The summed E-state index contributed by atoms with van der Waals surface area (Å²) in [6.07, 6.45) is -4.62. The number of ether oxygens (including phenoxy) is 1. The Morgan fingerprint density at radius 1 is 0.931 bits per heavy atom. The highest BCUT2D eigenvalue weighted by Crippen LogP contribution is 2.34. The van der Waals surface area contributed by atoms with E-state index >= 15 is 0 Å². The van der Waals surface area contributed by atoms with Gasteiger partial charge in [-0.25, -0.2) is 4.98 Å². The van der Waals surface area contributed by atoms with Gasteiger partial charge in [0.25, 0.3) is 5.91 Å². The van der Waals surface area contributed by atoms with Gasteiger partial charge in [-0.2, -0.15) is 13.2 Å². The zero-order valence-corrected chi connectivity index (χ0v) is 15.6. The number of aromatic nitrogens is 1. The highest BCUT2D eigenvalue weighted by Gasteiger charge is 2.35. The average molecular weight is 414 g/mol. The minimum atomic E-state index is -4.62. The standard InChI is InChI=1S/C21H13F3N2O2S/c22-21(23,24)16-9-5-4-8-15(16)19(27)26-20-25-17-11-10-14(12-18(17)29-20)28-13-6-2-1-3-7-13/h1-12H,(H,25,26,27). The summed E-state index contributed by atoms with van der Waals surface area (Å²) in [5.41, 5.74) is -0.834. The smallest absolute Gasteiger partial charge is 0.417 e. The fourth-order valence-electron chi connectivity index (χ4n) is 2.74. The Labute approximate surface area is 167 Å². The number of alkyl halides is 3. The Kier molecular flexibility index (Phi) is 4.94. The maximum Gasteiger partial charge on any atom is 0.417 e. The molecule has 1 N–H and O–H groups in total. The van der Waals surface area contributed by atoms with Gasteiger partial charge in [0.15, 0.2) is 5.13 Å². The molecule has 0 saturated heterocycles. The van der Waals surface area contributed by atoms with Gasteiger partial charge in [0, 0.05) is 6.07 Å². The van der Waals surface area contributed by atoms with E-state index in [9.17, 15) is 18.0 Å². The quantitative estimate of drug-likeness (QED) is 0.423. The molecule has 4 rings (SSSR count). The first-order chi connectivity index (χ1) is 13.9. The van der Waals surface area contributed by atoms with Crippen LogP contribution >= 0.6 is 11.3 Å². The molecule has 29 heavy (non-hydrogen) atoms. The fourth-order valence-corrected chi connectivity index (χ4v) is 3.63. The van der Waals surface area contributed by atoms with E-state index in [1.807, 2.05) is 30.3 Å². The molecule has 4 nitrogen and oxygen atoms in total. The summed E-state index contributed by atoms with van der Waals surface area (Å²) in [4.78, 5) is 16.7. The SMILES string of the molecule is O=C(Nc1nc2ccc(Oc3ccccc3)cc2s1)c1ccccc1C(F)(F)F. The van der Waals surface area contributed by atoms with Crippen LogP contribution in [-0.4, -0.2) is 10.9 Å². The second kappa shape index (κ2) is 7.56. The molecule has 0 aliphatic heterocycles. The van der Waals surface area contributed by atoms with Gasteiger partial charge in [0.1, 0.15) is 11.5 Å². The number of hydrogen-bond acceptors (Lipinski definition) is 4. The zero-order chi connectivity index (χ0) is 20.4. The Bertz CT molecular complexity index is 1170. The van der Waals surface area contributed by atoms with Crippen molar-refractivity contribution in [2.75, 3.05) is 5.32 Å². The van der Waals surface area contributed by atoms with Crippen molar-refractivity contribution in [2.45, 2.75) is 6.18 Å². The average Bonchev–Trinajstić information content (AvgIpc) is 3.09. The molecule has 8 heteroatoms. The molecule has 3 aromatic carbocycles. The number of carbonyl (C=O) groups is 1. The fraction of sp³-hybridized carbons (Fsp3) is 0.0476. The molecule has 4 aromatic rings. The van der Waals surface area contributed by atoms with Crippen LogP contribution in [0.5, 0.6) is 11.5 Å². The van der Waals surface area contributed by atoms with Gasteiger partial charge in [0.05, 0.1) is 21.3 Å². The van der Waals surface area contributed by atoms with Crippen LogP contribution in [0.25, 0.3) is 10.2 Å². The zero-order valence-electron chi connectivity index (χ0n) is 14.7. The molecular weight excluding hydrogens is 401 g/mol. The number of halogens is 3. The maximum absolute atomic E-state index is 13.1. The van der Waals surface area contributed by atoms with Crippen molar-refractivity contribution in [1.82, 2.24) is 4.98 Å². The van der Waals surface area contributed by atoms with Gasteiger partial charge in [-0.1, -0.05) is 41.7 Å². The molecule has 0 atom stereocenters. The van der Waals surface area contributed by atoms with Crippen LogP contribution in [0.4, 0.5) is 18.3 Å². The van der Waals surface area contributed by atoms with Crippen molar-refractivity contribution in [3.63, 3.8) is 0 Å². The number of benzene rings is 3. The third-order valence-corrected chi connectivity index (χ3v) is 4.97. The van der Waals surface area contributed by atoms with E-state index in [0.717, 1.165) is 28.2 Å². The number of nitrogens with zero attached hydrogens (tertiary/aromatic N) is 1. The van der Waals surface area contributed by atoms with E-state index in [0.29, 0.717) is 17.0 Å². The number of para-hydroxylation sites is 1. The van der Waals surface area contributed by atoms with Gasteiger partial charge in [-0.15, -0.1) is 0 Å². The highest BCUT2D eigenvalue weighted by molar-refractivity contribution is 7.22. The van der Waals surface area contributed by atoms with Crippen LogP contribution in [0.1, 0.15) is 15.9 Å². The van der Waals surface area contributed by atoms with Crippen molar-refractivity contribution in [1.29, 1.82) is 0 Å². The summed E-state index contributed by atoms with van der Waals surface area (Å²) in [6.45, 7) is 0. The molecular formula is C21H13F3N2O2S. The number of nitrogens with one attached hydrogen (secondary N) is 1. The molecule has 1 heterocycles. The maximum atomic E-state index is 13.1. The molecule has 0 radical (unpaired) electrons. The molecule has 146 valence electrons. The summed E-state index contributed by atoms with van der Waals surface area (Å²) in [7, 11) is 0. The minimum Gasteiger partial charge on any atom is -0.457 e. The number of rotatable bonds is 4.